The first kappa shape index (κ1) is 6.89. The number of fused-ring (bicyclic) bond motifs is 2. The molecule has 1 radical (unpaired) electrons. The minimum atomic E-state index is -0.259. The predicted molar refractivity (Wildman–Crippen MR) is 40.6 cm³/mol. The number of carbonyl (C=O) groups excluding carboxylic acids is 1. The molecule has 0 spiro atoms. The summed E-state index contributed by atoms with van der Waals surface area (Å²) in [4.78, 5) is 10.1. The highest BCUT2D eigenvalue weighted by Crippen LogP contribution is 2.43. The summed E-state index contributed by atoms with van der Waals surface area (Å²) in [5, 5.41) is 0. The van der Waals surface area contributed by atoms with Crippen molar-refractivity contribution in [1.29, 1.82) is 0 Å². The number of hydrogen-bond acceptors (Lipinski definition) is 2. The maximum absolute atomic E-state index is 10.1. The van der Waals surface area contributed by atoms with Crippen molar-refractivity contribution in [3.05, 3.63) is 12.2 Å². The van der Waals surface area contributed by atoms with Crippen molar-refractivity contribution in [1.82, 2.24) is 0 Å². The topological polar surface area (TPSA) is 26.3 Å². The Balaban J connectivity index is 2.17. The van der Waals surface area contributed by atoms with Crippen LogP contribution >= 0.6 is 0 Å². The van der Waals surface area contributed by atoms with Gasteiger partial charge in [0.05, 0.1) is 0 Å². The average molecular weight is 151 g/mol. The van der Waals surface area contributed by atoms with Gasteiger partial charge in [0.15, 0.2) is 0 Å². The number of hydrogen-bond donors (Lipinski definition) is 0. The lowest BCUT2D eigenvalue weighted by Crippen LogP contribution is -2.27. The predicted octanol–water partition coefficient (Wildman–Crippen LogP) is 1.57. The van der Waals surface area contributed by atoms with E-state index in [9.17, 15) is 4.79 Å². The van der Waals surface area contributed by atoms with Crippen molar-refractivity contribution >= 4 is 6.47 Å². The Morgan fingerprint density at radius 2 is 2.55 bits per heavy atom. The molecule has 0 saturated heterocycles. The van der Waals surface area contributed by atoms with Crippen LogP contribution in [0.4, 0.5) is 0 Å². The molecule has 2 atom stereocenters. The molecule has 11 heavy (non-hydrogen) atoms. The highest BCUT2D eigenvalue weighted by molar-refractivity contribution is 5.41. The van der Waals surface area contributed by atoms with E-state index in [4.69, 9.17) is 4.74 Å². The van der Waals surface area contributed by atoms with E-state index in [1.165, 1.54) is 6.42 Å². The second-order valence-electron chi connectivity index (χ2n) is 3.50. The lowest BCUT2D eigenvalue weighted by atomic mass is 9.92. The molecule has 59 valence electrons. The molecule has 2 heteroatoms. The maximum Gasteiger partial charge on any atom is 0.418 e. The zero-order chi connectivity index (χ0) is 7.73. The molecule has 0 amide bonds. The zero-order valence-electron chi connectivity index (χ0n) is 6.38. The number of allylic oxidation sites excluding steroid dienone is 1. The SMILES string of the molecule is O=[C]OC12C=CCC(CC1)C2. The molecular weight excluding hydrogens is 140 g/mol. The van der Waals surface area contributed by atoms with E-state index in [0.717, 1.165) is 25.2 Å². The minimum absolute atomic E-state index is 0.259. The van der Waals surface area contributed by atoms with Gasteiger partial charge in [0.1, 0.15) is 5.60 Å². The van der Waals surface area contributed by atoms with Crippen LogP contribution in [0.15, 0.2) is 12.2 Å². The van der Waals surface area contributed by atoms with Gasteiger partial charge < -0.3 is 4.74 Å². The van der Waals surface area contributed by atoms with Crippen molar-refractivity contribution < 1.29 is 9.53 Å². The molecule has 0 aromatic rings. The molecule has 0 heterocycles. The third-order valence-corrected chi connectivity index (χ3v) is 2.75. The molecular formula is C9H11O2. The van der Waals surface area contributed by atoms with Gasteiger partial charge in [-0.25, -0.2) is 4.79 Å². The Morgan fingerprint density at radius 3 is 3.36 bits per heavy atom. The molecule has 2 bridgehead atoms. The van der Waals surface area contributed by atoms with Crippen molar-refractivity contribution in [2.45, 2.75) is 31.3 Å². The van der Waals surface area contributed by atoms with Crippen LogP contribution in [0.3, 0.4) is 0 Å². The quantitative estimate of drug-likeness (QED) is 0.560. The summed E-state index contributed by atoms with van der Waals surface area (Å²) in [5.41, 5.74) is -0.259. The number of rotatable bonds is 2. The van der Waals surface area contributed by atoms with Crippen LogP contribution in [0.25, 0.3) is 0 Å². The van der Waals surface area contributed by atoms with E-state index in [0.29, 0.717) is 0 Å². The summed E-state index contributed by atoms with van der Waals surface area (Å²) >= 11 is 0. The normalized spacial score (nSPS) is 40.5. The van der Waals surface area contributed by atoms with Crippen LogP contribution in [-0.2, 0) is 9.53 Å². The van der Waals surface area contributed by atoms with Crippen LogP contribution in [0.1, 0.15) is 25.7 Å². The van der Waals surface area contributed by atoms with Gasteiger partial charge in [-0.1, -0.05) is 6.08 Å². The molecule has 2 aliphatic carbocycles. The minimum Gasteiger partial charge on any atom is -0.446 e. The molecule has 2 unspecified atom stereocenters. The molecule has 0 aliphatic heterocycles. The standard InChI is InChI=1S/C9H11O2/c10-7-11-9-4-1-2-8(6-9)3-5-9/h1,4,8H,2-3,5-6H2. The van der Waals surface area contributed by atoms with E-state index in [1.807, 2.05) is 6.08 Å². The van der Waals surface area contributed by atoms with Gasteiger partial charge in [-0.2, -0.15) is 0 Å². The fraction of sp³-hybridized carbons (Fsp3) is 0.667. The maximum atomic E-state index is 10.1. The van der Waals surface area contributed by atoms with Gasteiger partial charge in [-0.15, -0.1) is 0 Å². The van der Waals surface area contributed by atoms with Gasteiger partial charge in [0.2, 0.25) is 0 Å². The van der Waals surface area contributed by atoms with Gasteiger partial charge in [-0.05, 0) is 37.7 Å². The van der Waals surface area contributed by atoms with Crippen molar-refractivity contribution in [2.24, 2.45) is 5.92 Å². The first-order valence-electron chi connectivity index (χ1n) is 4.07. The average Bonchev–Trinajstić information content (AvgIpc) is 2.28. The fourth-order valence-corrected chi connectivity index (χ4v) is 2.18. The van der Waals surface area contributed by atoms with E-state index >= 15 is 0 Å². The molecule has 0 N–H and O–H groups in total. The molecule has 2 aliphatic rings. The third kappa shape index (κ3) is 1.06. The van der Waals surface area contributed by atoms with Gasteiger partial charge in [-0.3, -0.25) is 0 Å². The summed E-state index contributed by atoms with van der Waals surface area (Å²) in [6.45, 7) is 1.55. The lowest BCUT2D eigenvalue weighted by Gasteiger charge is -2.25. The van der Waals surface area contributed by atoms with Gasteiger partial charge in [0.25, 0.3) is 0 Å². The van der Waals surface area contributed by atoms with Gasteiger partial charge >= 0.3 is 6.47 Å². The smallest absolute Gasteiger partial charge is 0.418 e. The second-order valence-corrected chi connectivity index (χ2v) is 3.50. The summed E-state index contributed by atoms with van der Waals surface area (Å²) in [7, 11) is 0. The Morgan fingerprint density at radius 1 is 1.64 bits per heavy atom. The number of ether oxygens (including phenoxy) is 1. The largest absolute Gasteiger partial charge is 0.446 e. The van der Waals surface area contributed by atoms with Crippen LogP contribution in [0.2, 0.25) is 0 Å². The first-order chi connectivity index (χ1) is 5.35. The van der Waals surface area contributed by atoms with Crippen molar-refractivity contribution in [2.75, 3.05) is 0 Å². The highest BCUT2D eigenvalue weighted by atomic mass is 16.5. The molecule has 2 rings (SSSR count). The third-order valence-electron chi connectivity index (χ3n) is 2.75. The molecule has 1 saturated carbocycles. The molecule has 1 fully saturated rings. The van der Waals surface area contributed by atoms with E-state index < -0.39 is 0 Å². The van der Waals surface area contributed by atoms with Crippen LogP contribution in [0.5, 0.6) is 0 Å². The second kappa shape index (κ2) is 2.36. The summed E-state index contributed by atoms with van der Waals surface area (Å²) in [5.74, 6) is 0.744. The van der Waals surface area contributed by atoms with Crippen molar-refractivity contribution in [3.8, 4) is 0 Å². The first-order valence-corrected chi connectivity index (χ1v) is 4.07. The van der Waals surface area contributed by atoms with Crippen molar-refractivity contribution in [3.63, 3.8) is 0 Å². The van der Waals surface area contributed by atoms with E-state index in [1.54, 1.807) is 6.47 Å². The Bertz CT molecular complexity index is 198. The Labute approximate surface area is 66.2 Å². The summed E-state index contributed by atoms with van der Waals surface area (Å²) in [6.07, 6.45) is 8.50. The Hall–Kier alpha value is -0.790. The molecule has 2 nitrogen and oxygen atoms in total. The fourth-order valence-electron chi connectivity index (χ4n) is 2.18. The van der Waals surface area contributed by atoms with Gasteiger partial charge in [0, 0.05) is 0 Å². The van der Waals surface area contributed by atoms with E-state index in [-0.39, 0.29) is 5.60 Å². The zero-order valence-corrected chi connectivity index (χ0v) is 6.38. The lowest BCUT2D eigenvalue weighted by molar-refractivity contribution is 0.0985. The molecule has 0 aromatic heterocycles. The van der Waals surface area contributed by atoms with Crippen LogP contribution in [-0.4, -0.2) is 12.1 Å². The van der Waals surface area contributed by atoms with E-state index in [2.05, 4.69) is 6.08 Å². The van der Waals surface area contributed by atoms with Crippen LogP contribution < -0.4 is 0 Å². The van der Waals surface area contributed by atoms with Crippen LogP contribution in [0, 0.1) is 5.92 Å². The summed E-state index contributed by atoms with van der Waals surface area (Å²) in [6, 6.07) is 0. The monoisotopic (exact) mass is 151 g/mol. The summed E-state index contributed by atoms with van der Waals surface area (Å²) < 4.78 is 4.97. The Kier molecular flexibility index (Phi) is 1.48. The molecule has 0 aromatic carbocycles. The highest BCUT2D eigenvalue weighted by Gasteiger charge is 2.40.